The molecule has 16 heavy (non-hydrogen) atoms. The number of rotatable bonds is 1. The van der Waals surface area contributed by atoms with E-state index < -0.39 is 0 Å². The van der Waals surface area contributed by atoms with E-state index in [-0.39, 0.29) is 5.56 Å². The van der Waals surface area contributed by atoms with Gasteiger partial charge >= 0.3 is 0 Å². The van der Waals surface area contributed by atoms with E-state index in [1.165, 1.54) is 0 Å². The number of aromatic amines is 1. The summed E-state index contributed by atoms with van der Waals surface area (Å²) >= 11 is 0. The molecule has 0 saturated carbocycles. The van der Waals surface area contributed by atoms with Gasteiger partial charge in [-0.25, -0.2) is 9.50 Å². The second-order valence-electron chi connectivity index (χ2n) is 4.42. The van der Waals surface area contributed by atoms with Gasteiger partial charge in [-0.1, -0.05) is 6.92 Å². The molecule has 84 valence electrons. The second kappa shape index (κ2) is 3.20. The fourth-order valence-corrected chi connectivity index (χ4v) is 2.62. The van der Waals surface area contributed by atoms with E-state index in [1.54, 1.807) is 4.52 Å². The van der Waals surface area contributed by atoms with Crippen molar-refractivity contribution < 1.29 is 0 Å². The first-order valence-corrected chi connectivity index (χ1v) is 5.84. The minimum absolute atomic E-state index is 0.0975. The fraction of sp³-hybridized carbons (Fsp3) is 0.500. The van der Waals surface area contributed by atoms with Crippen molar-refractivity contribution >= 4 is 5.65 Å². The molecule has 1 N–H and O–H groups in total. The van der Waals surface area contributed by atoms with Crippen molar-refractivity contribution in [1.82, 2.24) is 14.6 Å². The van der Waals surface area contributed by atoms with Crippen LogP contribution in [0.2, 0.25) is 0 Å². The van der Waals surface area contributed by atoms with Gasteiger partial charge in [0.15, 0.2) is 5.65 Å². The number of fused-ring (bicyclic) bond motifs is 2. The van der Waals surface area contributed by atoms with Crippen LogP contribution in [0.5, 0.6) is 0 Å². The first-order chi connectivity index (χ1) is 7.72. The summed E-state index contributed by atoms with van der Waals surface area (Å²) in [5.41, 5.74) is 5.05. The van der Waals surface area contributed by atoms with Crippen LogP contribution in [0.1, 0.15) is 35.9 Å². The molecule has 1 aliphatic carbocycles. The molecule has 0 spiro atoms. The highest BCUT2D eigenvalue weighted by Crippen LogP contribution is 2.19. The number of nitrogens with one attached hydrogen (secondary N) is 1. The molecule has 0 unspecified atom stereocenters. The summed E-state index contributed by atoms with van der Waals surface area (Å²) in [7, 11) is 0. The van der Waals surface area contributed by atoms with Gasteiger partial charge in [0.25, 0.3) is 5.56 Å². The zero-order valence-electron chi connectivity index (χ0n) is 9.63. The highest BCUT2D eigenvalue weighted by Gasteiger charge is 2.20. The average molecular weight is 217 g/mol. The van der Waals surface area contributed by atoms with Crippen LogP contribution in [-0.4, -0.2) is 14.6 Å². The van der Waals surface area contributed by atoms with Crippen LogP contribution in [0.25, 0.3) is 5.65 Å². The number of hydrogen-bond acceptors (Lipinski definition) is 2. The molecule has 0 amide bonds. The molecule has 0 aromatic carbocycles. The molecule has 3 rings (SSSR count). The molecule has 4 nitrogen and oxygen atoms in total. The minimum atomic E-state index is 0.0975. The zero-order valence-corrected chi connectivity index (χ0v) is 9.63. The average Bonchev–Trinajstić information content (AvgIpc) is 2.83. The van der Waals surface area contributed by atoms with E-state index in [4.69, 9.17) is 0 Å². The lowest BCUT2D eigenvalue weighted by atomic mass is 10.2. The highest BCUT2D eigenvalue weighted by molar-refractivity contribution is 5.51. The van der Waals surface area contributed by atoms with Crippen molar-refractivity contribution in [2.45, 2.75) is 39.5 Å². The van der Waals surface area contributed by atoms with Gasteiger partial charge in [0, 0.05) is 16.8 Å². The molecule has 1 aliphatic rings. The van der Waals surface area contributed by atoms with Crippen molar-refractivity contribution in [3.8, 4) is 0 Å². The van der Waals surface area contributed by atoms with Crippen LogP contribution in [0, 0.1) is 6.92 Å². The summed E-state index contributed by atoms with van der Waals surface area (Å²) in [6, 6.07) is 0. The van der Waals surface area contributed by atoms with Crippen LogP contribution in [0.4, 0.5) is 0 Å². The van der Waals surface area contributed by atoms with E-state index in [2.05, 4.69) is 17.0 Å². The van der Waals surface area contributed by atoms with E-state index in [9.17, 15) is 4.79 Å². The van der Waals surface area contributed by atoms with Crippen molar-refractivity contribution in [3.05, 3.63) is 32.9 Å². The topological polar surface area (TPSA) is 50.2 Å². The maximum Gasteiger partial charge on any atom is 0.276 e. The standard InChI is InChI=1S/C12H15N3O/c1-3-8-7(2)14-15-11(8)13-10-6-4-5-9(10)12(15)16/h14H,3-6H2,1-2H3. The first-order valence-electron chi connectivity index (χ1n) is 5.84. The number of nitrogens with zero attached hydrogens (tertiary/aromatic N) is 2. The van der Waals surface area contributed by atoms with Crippen LogP contribution >= 0.6 is 0 Å². The minimum Gasteiger partial charge on any atom is -0.294 e. The third kappa shape index (κ3) is 1.10. The van der Waals surface area contributed by atoms with Crippen molar-refractivity contribution in [2.75, 3.05) is 0 Å². The Morgan fingerprint density at radius 1 is 1.44 bits per heavy atom. The molecule has 0 radical (unpaired) electrons. The van der Waals surface area contributed by atoms with Gasteiger partial charge in [0.2, 0.25) is 0 Å². The summed E-state index contributed by atoms with van der Waals surface area (Å²) in [4.78, 5) is 16.8. The van der Waals surface area contributed by atoms with Crippen molar-refractivity contribution in [2.24, 2.45) is 0 Å². The Kier molecular flexibility index (Phi) is 1.93. The van der Waals surface area contributed by atoms with Gasteiger partial charge in [0.05, 0.1) is 5.69 Å². The Morgan fingerprint density at radius 2 is 2.25 bits per heavy atom. The molecular formula is C12H15N3O. The number of aryl methyl sites for hydroxylation is 3. The molecule has 2 aromatic rings. The van der Waals surface area contributed by atoms with Gasteiger partial charge in [0.1, 0.15) is 0 Å². The summed E-state index contributed by atoms with van der Waals surface area (Å²) in [6.45, 7) is 4.09. The van der Waals surface area contributed by atoms with Crippen LogP contribution in [0.15, 0.2) is 4.79 Å². The molecule has 0 aliphatic heterocycles. The summed E-state index contributed by atoms with van der Waals surface area (Å²) < 4.78 is 1.61. The molecule has 0 bridgehead atoms. The lowest BCUT2D eigenvalue weighted by Gasteiger charge is -2.00. The summed E-state index contributed by atoms with van der Waals surface area (Å²) in [6.07, 6.45) is 3.80. The lowest BCUT2D eigenvalue weighted by molar-refractivity contribution is 0.856. The Bertz CT molecular complexity index is 621. The number of H-pyrrole nitrogens is 1. The van der Waals surface area contributed by atoms with Crippen molar-refractivity contribution in [1.29, 1.82) is 0 Å². The van der Waals surface area contributed by atoms with Gasteiger partial charge < -0.3 is 0 Å². The predicted octanol–water partition coefficient (Wildman–Crippen LogP) is 1.38. The van der Waals surface area contributed by atoms with Gasteiger partial charge in [-0.15, -0.1) is 0 Å². The largest absolute Gasteiger partial charge is 0.294 e. The van der Waals surface area contributed by atoms with E-state index >= 15 is 0 Å². The zero-order chi connectivity index (χ0) is 11.3. The molecule has 0 atom stereocenters. The molecule has 0 fully saturated rings. The number of aromatic nitrogens is 3. The lowest BCUT2D eigenvalue weighted by Crippen LogP contribution is -2.20. The van der Waals surface area contributed by atoms with E-state index in [0.717, 1.165) is 53.8 Å². The Morgan fingerprint density at radius 3 is 3.00 bits per heavy atom. The molecule has 0 saturated heterocycles. The Labute approximate surface area is 93.3 Å². The van der Waals surface area contributed by atoms with Gasteiger partial charge in [-0.05, 0) is 32.6 Å². The fourth-order valence-electron chi connectivity index (χ4n) is 2.62. The maximum absolute atomic E-state index is 12.2. The van der Waals surface area contributed by atoms with Gasteiger partial charge in [-0.3, -0.25) is 9.89 Å². The Hall–Kier alpha value is -1.58. The molecule has 2 aromatic heterocycles. The summed E-state index contributed by atoms with van der Waals surface area (Å²) in [5.74, 6) is 0. The van der Waals surface area contributed by atoms with Crippen LogP contribution in [-0.2, 0) is 19.3 Å². The van der Waals surface area contributed by atoms with Crippen LogP contribution in [0.3, 0.4) is 0 Å². The monoisotopic (exact) mass is 217 g/mol. The normalized spacial score (nSPS) is 14.6. The van der Waals surface area contributed by atoms with E-state index in [1.807, 2.05) is 6.92 Å². The quantitative estimate of drug-likeness (QED) is 0.784. The van der Waals surface area contributed by atoms with Crippen molar-refractivity contribution in [3.63, 3.8) is 0 Å². The molecule has 4 heteroatoms. The predicted molar refractivity (Wildman–Crippen MR) is 62.0 cm³/mol. The maximum atomic E-state index is 12.2. The molecular weight excluding hydrogens is 202 g/mol. The first kappa shape index (κ1) is 9.63. The highest BCUT2D eigenvalue weighted by atomic mass is 16.1. The van der Waals surface area contributed by atoms with E-state index in [0.29, 0.717) is 0 Å². The third-order valence-electron chi connectivity index (χ3n) is 3.46. The van der Waals surface area contributed by atoms with Gasteiger partial charge in [-0.2, -0.15) is 0 Å². The third-order valence-corrected chi connectivity index (χ3v) is 3.46. The molecule has 2 heterocycles. The summed E-state index contributed by atoms with van der Waals surface area (Å²) in [5, 5.41) is 3.12. The SMILES string of the molecule is CCc1c(C)[nH]n2c(=O)c3c(nc12)CCC3. The second-order valence-corrected chi connectivity index (χ2v) is 4.42. The number of hydrogen-bond donors (Lipinski definition) is 1. The van der Waals surface area contributed by atoms with Crippen LogP contribution < -0.4 is 5.56 Å². The smallest absolute Gasteiger partial charge is 0.276 e. The Balaban J connectivity index is 2.45.